The van der Waals surface area contributed by atoms with Gasteiger partial charge in [-0.1, -0.05) is 12.1 Å². The van der Waals surface area contributed by atoms with E-state index in [1.165, 1.54) is 0 Å². The highest BCUT2D eigenvalue weighted by molar-refractivity contribution is 7.99. The minimum atomic E-state index is -0.323. The Kier molecular flexibility index (Phi) is 3.89. The molecule has 2 unspecified atom stereocenters. The number of rotatable bonds is 2. The number of para-hydroxylation sites is 1. The van der Waals surface area contributed by atoms with Crippen LogP contribution in [0.25, 0.3) is 0 Å². The molecular weight excluding hydrogens is 274 g/mol. The number of anilines is 1. The third-order valence-electron chi connectivity index (χ3n) is 3.97. The van der Waals surface area contributed by atoms with E-state index in [1.807, 2.05) is 17.8 Å². The van der Waals surface area contributed by atoms with E-state index in [0.717, 1.165) is 30.8 Å². The van der Waals surface area contributed by atoms with Gasteiger partial charge in [0, 0.05) is 24.3 Å². The number of carbonyl (C=O) groups excluding carboxylic acids is 1. The van der Waals surface area contributed by atoms with Crippen molar-refractivity contribution in [2.45, 2.75) is 31.0 Å². The number of hydrogen-bond donors (Lipinski definition) is 1. The van der Waals surface area contributed by atoms with Crippen molar-refractivity contribution in [2.24, 2.45) is 0 Å². The van der Waals surface area contributed by atoms with Gasteiger partial charge >= 0.3 is 5.97 Å². The summed E-state index contributed by atoms with van der Waals surface area (Å²) in [7, 11) is 0. The normalized spacial score (nSPS) is 29.5. The lowest BCUT2D eigenvalue weighted by molar-refractivity contribution is -0.106. The van der Waals surface area contributed by atoms with Crippen LogP contribution in [-0.4, -0.2) is 35.8 Å². The summed E-state index contributed by atoms with van der Waals surface area (Å²) in [6, 6.07) is 7.03. The number of carbonyl (C=O) groups is 1. The fourth-order valence-electron chi connectivity index (χ4n) is 2.84. The zero-order valence-corrected chi connectivity index (χ0v) is 12.2. The van der Waals surface area contributed by atoms with E-state index in [0.29, 0.717) is 17.9 Å². The van der Waals surface area contributed by atoms with E-state index in [9.17, 15) is 4.79 Å². The maximum atomic E-state index is 12.2. The average molecular weight is 293 g/mol. The van der Waals surface area contributed by atoms with E-state index in [4.69, 9.17) is 15.2 Å². The number of benzene rings is 1. The van der Waals surface area contributed by atoms with Gasteiger partial charge in [0.1, 0.15) is 6.10 Å². The second-order valence-corrected chi connectivity index (χ2v) is 6.55. The molecule has 20 heavy (non-hydrogen) atoms. The van der Waals surface area contributed by atoms with Crippen LogP contribution in [0.5, 0.6) is 0 Å². The summed E-state index contributed by atoms with van der Waals surface area (Å²) in [6.45, 7) is 0.669. The number of esters is 1. The Morgan fingerprint density at radius 2 is 2.30 bits per heavy atom. The van der Waals surface area contributed by atoms with Gasteiger partial charge in [0.2, 0.25) is 0 Å². The smallest absolute Gasteiger partial charge is 0.340 e. The van der Waals surface area contributed by atoms with Gasteiger partial charge in [-0.15, -0.1) is 0 Å². The predicted molar refractivity (Wildman–Crippen MR) is 79.9 cm³/mol. The highest BCUT2D eigenvalue weighted by atomic mass is 32.2. The van der Waals surface area contributed by atoms with Crippen LogP contribution in [0.4, 0.5) is 5.69 Å². The van der Waals surface area contributed by atoms with Crippen LogP contribution >= 0.6 is 11.8 Å². The van der Waals surface area contributed by atoms with Gasteiger partial charge in [-0.2, -0.15) is 11.8 Å². The molecule has 3 rings (SSSR count). The van der Waals surface area contributed by atoms with E-state index >= 15 is 0 Å². The zero-order valence-electron chi connectivity index (χ0n) is 11.3. The third kappa shape index (κ3) is 2.79. The maximum Gasteiger partial charge on any atom is 0.340 e. The van der Waals surface area contributed by atoms with Gasteiger partial charge in [0.15, 0.2) is 0 Å². The minimum absolute atomic E-state index is 0.0606. The Hall–Kier alpha value is -1.20. The van der Waals surface area contributed by atoms with Crippen molar-refractivity contribution in [1.29, 1.82) is 0 Å². The lowest BCUT2D eigenvalue weighted by Crippen LogP contribution is -2.43. The summed E-state index contributed by atoms with van der Waals surface area (Å²) in [5, 5.41) is 0. The molecule has 108 valence electrons. The molecule has 0 aliphatic carbocycles. The van der Waals surface area contributed by atoms with Gasteiger partial charge in [-0.3, -0.25) is 0 Å². The summed E-state index contributed by atoms with van der Waals surface area (Å²) in [6.07, 6.45) is 2.57. The maximum absolute atomic E-state index is 12.2. The van der Waals surface area contributed by atoms with Crippen molar-refractivity contribution in [1.82, 2.24) is 0 Å². The van der Waals surface area contributed by atoms with Crippen LogP contribution in [0.3, 0.4) is 0 Å². The van der Waals surface area contributed by atoms with Gasteiger partial charge < -0.3 is 15.2 Å². The lowest BCUT2D eigenvalue weighted by Gasteiger charge is -2.37. The standard InChI is InChI=1S/C15H19NO3S/c16-13-4-2-1-3-12(13)14(17)19-11-5-7-18-15(9-11)6-8-20-10-15/h1-4,11H,5-10,16H2. The summed E-state index contributed by atoms with van der Waals surface area (Å²) in [5.41, 5.74) is 6.66. The number of nitrogen functional groups attached to an aromatic ring is 1. The van der Waals surface area contributed by atoms with Crippen molar-refractivity contribution in [3.8, 4) is 0 Å². The Morgan fingerprint density at radius 3 is 3.05 bits per heavy atom. The summed E-state index contributed by atoms with van der Waals surface area (Å²) in [5.74, 6) is 1.82. The van der Waals surface area contributed by atoms with Gasteiger partial charge in [0.05, 0.1) is 17.8 Å². The summed E-state index contributed by atoms with van der Waals surface area (Å²) >= 11 is 1.91. The van der Waals surface area contributed by atoms with Crippen molar-refractivity contribution >= 4 is 23.4 Å². The Morgan fingerprint density at radius 1 is 1.45 bits per heavy atom. The molecule has 1 aromatic carbocycles. The molecular formula is C15H19NO3S. The molecule has 5 heteroatoms. The topological polar surface area (TPSA) is 61.6 Å². The molecule has 2 saturated heterocycles. The first-order valence-electron chi connectivity index (χ1n) is 6.96. The number of hydrogen-bond acceptors (Lipinski definition) is 5. The number of ether oxygens (including phenoxy) is 2. The Bertz CT molecular complexity index is 500. The molecule has 1 spiro atoms. The zero-order chi connectivity index (χ0) is 14.0. The van der Waals surface area contributed by atoms with E-state index in [1.54, 1.807) is 18.2 Å². The average Bonchev–Trinajstić information content (AvgIpc) is 2.87. The first kappa shape index (κ1) is 13.8. The molecule has 0 radical (unpaired) electrons. The van der Waals surface area contributed by atoms with Crippen LogP contribution in [0.15, 0.2) is 24.3 Å². The monoisotopic (exact) mass is 293 g/mol. The molecule has 2 N–H and O–H groups in total. The molecule has 2 heterocycles. The number of nitrogens with two attached hydrogens (primary N) is 1. The molecule has 0 amide bonds. The molecule has 0 saturated carbocycles. The molecule has 2 aliphatic heterocycles. The summed E-state index contributed by atoms with van der Waals surface area (Å²) in [4.78, 5) is 12.2. The van der Waals surface area contributed by atoms with Crippen LogP contribution in [0.1, 0.15) is 29.6 Å². The van der Waals surface area contributed by atoms with Crippen LogP contribution < -0.4 is 5.73 Å². The fourth-order valence-corrected chi connectivity index (χ4v) is 4.22. The number of thioether (sulfide) groups is 1. The molecule has 0 aromatic heterocycles. The Balaban J connectivity index is 1.65. The minimum Gasteiger partial charge on any atom is -0.459 e. The first-order valence-corrected chi connectivity index (χ1v) is 8.11. The molecule has 2 aliphatic rings. The molecule has 2 fully saturated rings. The lowest BCUT2D eigenvalue weighted by atomic mass is 9.91. The molecule has 0 bridgehead atoms. The second kappa shape index (κ2) is 5.66. The van der Waals surface area contributed by atoms with E-state index in [-0.39, 0.29) is 17.7 Å². The van der Waals surface area contributed by atoms with Gasteiger partial charge in [-0.25, -0.2) is 4.79 Å². The SMILES string of the molecule is Nc1ccccc1C(=O)OC1CCOC2(CCSC2)C1. The molecule has 2 atom stereocenters. The van der Waals surface area contributed by atoms with Gasteiger partial charge in [-0.05, 0) is 24.3 Å². The van der Waals surface area contributed by atoms with Crippen molar-refractivity contribution in [3.05, 3.63) is 29.8 Å². The Labute approximate surface area is 123 Å². The summed E-state index contributed by atoms with van der Waals surface area (Å²) < 4.78 is 11.6. The van der Waals surface area contributed by atoms with Crippen LogP contribution in [-0.2, 0) is 9.47 Å². The highest BCUT2D eigenvalue weighted by Crippen LogP contribution is 2.39. The van der Waals surface area contributed by atoms with E-state index in [2.05, 4.69) is 0 Å². The first-order chi connectivity index (χ1) is 9.69. The highest BCUT2D eigenvalue weighted by Gasteiger charge is 2.41. The van der Waals surface area contributed by atoms with Crippen molar-refractivity contribution in [3.63, 3.8) is 0 Å². The van der Waals surface area contributed by atoms with Crippen molar-refractivity contribution < 1.29 is 14.3 Å². The van der Waals surface area contributed by atoms with Crippen molar-refractivity contribution in [2.75, 3.05) is 23.8 Å². The van der Waals surface area contributed by atoms with Gasteiger partial charge in [0.25, 0.3) is 0 Å². The largest absolute Gasteiger partial charge is 0.459 e. The predicted octanol–water partition coefficient (Wildman–Crippen LogP) is 2.48. The van der Waals surface area contributed by atoms with E-state index < -0.39 is 0 Å². The quantitative estimate of drug-likeness (QED) is 0.670. The molecule has 4 nitrogen and oxygen atoms in total. The van der Waals surface area contributed by atoms with Crippen LogP contribution in [0, 0.1) is 0 Å². The van der Waals surface area contributed by atoms with Crippen LogP contribution in [0.2, 0.25) is 0 Å². The second-order valence-electron chi connectivity index (χ2n) is 5.44. The molecule has 1 aromatic rings. The third-order valence-corrected chi connectivity index (χ3v) is 5.19. The fraction of sp³-hybridized carbons (Fsp3) is 0.533.